The summed E-state index contributed by atoms with van der Waals surface area (Å²) < 4.78 is 22.2. The van der Waals surface area contributed by atoms with Crippen LogP contribution < -0.4 is 0 Å². The molecule has 0 aliphatic carbocycles. The minimum Gasteiger partial charge on any atom is -0.306 e. The van der Waals surface area contributed by atoms with Crippen molar-refractivity contribution in [3.05, 3.63) is 10.2 Å². The standard InChI is InChI=1S/C7H14ClO3PS/c1-4-10-12(9,11-5-2)6-7(8)13-3/h6H,4-5H2,1-3H3. The number of thioether (sulfide) groups is 1. The van der Waals surface area contributed by atoms with Crippen LogP contribution in [-0.2, 0) is 13.6 Å². The summed E-state index contributed by atoms with van der Waals surface area (Å²) in [7, 11) is -3.11. The van der Waals surface area contributed by atoms with Crippen LogP contribution in [-0.4, -0.2) is 19.5 Å². The van der Waals surface area contributed by atoms with Crippen LogP contribution in [0.4, 0.5) is 0 Å². The molecule has 0 aliphatic heterocycles. The van der Waals surface area contributed by atoms with Gasteiger partial charge in [0.2, 0.25) is 0 Å². The van der Waals surface area contributed by atoms with Crippen molar-refractivity contribution in [2.75, 3.05) is 19.5 Å². The third-order valence-corrected chi connectivity index (χ3v) is 4.29. The average molecular weight is 245 g/mol. The lowest BCUT2D eigenvalue weighted by molar-refractivity contribution is 0.229. The molecule has 0 saturated heterocycles. The summed E-state index contributed by atoms with van der Waals surface area (Å²) in [5.41, 5.74) is 0. The molecule has 0 atom stereocenters. The van der Waals surface area contributed by atoms with Gasteiger partial charge in [0.25, 0.3) is 0 Å². The minimum absolute atomic E-state index is 0.340. The fourth-order valence-corrected chi connectivity index (χ4v) is 3.01. The van der Waals surface area contributed by atoms with E-state index in [1.165, 1.54) is 17.6 Å². The van der Waals surface area contributed by atoms with Crippen molar-refractivity contribution in [1.29, 1.82) is 0 Å². The quantitative estimate of drug-likeness (QED) is 0.668. The van der Waals surface area contributed by atoms with E-state index in [1.807, 2.05) is 0 Å². The third kappa shape index (κ3) is 5.76. The second kappa shape index (κ2) is 6.91. The molecule has 0 aromatic heterocycles. The predicted molar refractivity (Wildman–Crippen MR) is 58.3 cm³/mol. The molecule has 3 nitrogen and oxygen atoms in total. The first-order valence-corrected chi connectivity index (χ1v) is 7.10. The highest BCUT2D eigenvalue weighted by Crippen LogP contribution is 2.51. The van der Waals surface area contributed by atoms with E-state index >= 15 is 0 Å². The predicted octanol–water partition coefficient (Wildman–Crippen LogP) is 3.65. The summed E-state index contributed by atoms with van der Waals surface area (Å²) in [4.78, 5) is 0. The largest absolute Gasteiger partial charge is 0.356 e. The van der Waals surface area contributed by atoms with E-state index in [0.29, 0.717) is 17.6 Å². The van der Waals surface area contributed by atoms with Gasteiger partial charge in [0.05, 0.1) is 23.4 Å². The van der Waals surface area contributed by atoms with Crippen molar-refractivity contribution >= 4 is 31.0 Å². The van der Waals surface area contributed by atoms with Crippen LogP contribution in [0.15, 0.2) is 10.2 Å². The van der Waals surface area contributed by atoms with Gasteiger partial charge in [-0.25, -0.2) is 0 Å². The van der Waals surface area contributed by atoms with Crippen LogP contribution >= 0.6 is 31.0 Å². The fraction of sp³-hybridized carbons (Fsp3) is 0.714. The SMILES string of the molecule is CCOP(=O)(C=C(Cl)SC)OCC. The Morgan fingerprint density at radius 2 is 1.92 bits per heavy atom. The highest BCUT2D eigenvalue weighted by Gasteiger charge is 2.20. The Bertz CT molecular complexity index is 210. The van der Waals surface area contributed by atoms with E-state index in [1.54, 1.807) is 20.1 Å². The lowest BCUT2D eigenvalue weighted by Gasteiger charge is -2.12. The van der Waals surface area contributed by atoms with E-state index in [9.17, 15) is 4.57 Å². The van der Waals surface area contributed by atoms with Gasteiger partial charge in [-0.3, -0.25) is 4.57 Å². The average Bonchev–Trinajstić information content (AvgIpc) is 2.04. The lowest BCUT2D eigenvalue weighted by atomic mass is 10.9. The first-order valence-electron chi connectivity index (χ1n) is 3.89. The maximum atomic E-state index is 11.8. The van der Waals surface area contributed by atoms with Crippen molar-refractivity contribution in [3.8, 4) is 0 Å². The van der Waals surface area contributed by atoms with E-state index in [-0.39, 0.29) is 0 Å². The van der Waals surface area contributed by atoms with Gasteiger partial charge in [0.1, 0.15) is 0 Å². The van der Waals surface area contributed by atoms with E-state index in [0.717, 1.165) is 0 Å². The first kappa shape index (κ1) is 13.5. The van der Waals surface area contributed by atoms with Gasteiger partial charge in [-0.05, 0) is 20.1 Å². The van der Waals surface area contributed by atoms with E-state index in [2.05, 4.69) is 0 Å². The van der Waals surface area contributed by atoms with Crippen LogP contribution in [0, 0.1) is 0 Å². The molecular weight excluding hydrogens is 231 g/mol. The molecule has 0 aliphatic rings. The van der Waals surface area contributed by atoms with Gasteiger partial charge >= 0.3 is 7.60 Å². The van der Waals surface area contributed by atoms with Gasteiger partial charge < -0.3 is 9.05 Å². The van der Waals surface area contributed by atoms with Gasteiger partial charge in [0, 0.05) is 0 Å². The topological polar surface area (TPSA) is 35.5 Å². The highest BCUT2D eigenvalue weighted by molar-refractivity contribution is 8.04. The Morgan fingerprint density at radius 3 is 2.23 bits per heavy atom. The summed E-state index contributed by atoms with van der Waals surface area (Å²) in [5, 5.41) is 0. The van der Waals surface area contributed by atoms with Gasteiger partial charge in [-0.15, -0.1) is 11.8 Å². The Hall–Kier alpha value is 0.530. The maximum absolute atomic E-state index is 11.8. The molecule has 0 fully saturated rings. The minimum atomic E-state index is -3.11. The van der Waals surface area contributed by atoms with Gasteiger partial charge in [-0.1, -0.05) is 11.6 Å². The number of hydrogen-bond donors (Lipinski definition) is 0. The molecule has 0 aromatic carbocycles. The van der Waals surface area contributed by atoms with Crippen molar-refractivity contribution in [3.63, 3.8) is 0 Å². The summed E-state index contributed by atoms with van der Waals surface area (Å²) in [6.45, 7) is 4.19. The summed E-state index contributed by atoms with van der Waals surface area (Å²) >= 11 is 7.01. The smallest absolute Gasteiger partial charge is 0.306 e. The van der Waals surface area contributed by atoms with Crippen molar-refractivity contribution in [2.45, 2.75) is 13.8 Å². The van der Waals surface area contributed by atoms with Crippen LogP contribution in [0.5, 0.6) is 0 Å². The molecule has 0 spiro atoms. The van der Waals surface area contributed by atoms with Crippen LogP contribution in [0.1, 0.15) is 13.8 Å². The van der Waals surface area contributed by atoms with Gasteiger partial charge in [-0.2, -0.15) is 0 Å². The monoisotopic (exact) mass is 244 g/mol. The molecule has 6 heteroatoms. The zero-order valence-electron chi connectivity index (χ0n) is 7.95. The number of hydrogen-bond acceptors (Lipinski definition) is 4. The zero-order chi connectivity index (χ0) is 10.3. The van der Waals surface area contributed by atoms with Crippen LogP contribution in [0.3, 0.4) is 0 Å². The molecule has 0 aromatic rings. The molecule has 0 rings (SSSR count). The van der Waals surface area contributed by atoms with Crippen molar-refractivity contribution in [2.24, 2.45) is 0 Å². The fourth-order valence-electron chi connectivity index (χ4n) is 0.649. The van der Waals surface area contributed by atoms with E-state index < -0.39 is 7.60 Å². The van der Waals surface area contributed by atoms with Crippen LogP contribution in [0.2, 0.25) is 0 Å². The highest BCUT2D eigenvalue weighted by atomic mass is 35.5. The summed E-state index contributed by atoms with van der Waals surface area (Å²) in [6.07, 6.45) is 1.79. The van der Waals surface area contributed by atoms with E-state index in [4.69, 9.17) is 20.6 Å². The Kier molecular flexibility index (Phi) is 7.19. The zero-order valence-corrected chi connectivity index (χ0v) is 10.4. The first-order chi connectivity index (χ1) is 6.08. The second-order valence-electron chi connectivity index (χ2n) is 2.01. The third-order valence-electron chi connectivity index (χ3n) is 1.07. The molecule has 13 heavy (non-hydrogen) atoms. The van der Waals surface area contributed by atoms with Crippen molar-refractivity contribution < 1.29 is 13.6 Å². The molecule has 0 amide bonds. The Morgan fingerprint density at radius 1 is 1.46 bits per heavy atom. The normalized spacial score (nSPS) is 13.4. The molecule has 0 heterocycles. The molecule has 0 N–H and O–H groups in total. The summed E-state index contributed by atoms with van der Waals surface area (Å²) in [6, 6.07) is 0. The maximum Gasteiger partial charge on any atom is 0.356 e. The molecule has 78 valence electrons. The number of rotatable bonds is 6. The van der Waals surface area contributed by atoms with Gasteiger partial charge in [0.15, 0.2) is 0 Å². The molecular formula is C7H14ClO3PS. The molecule has 0 bridgehead atoms. The summed E-state index contributed by atoms with van der Waals surface area (Å²) in [5.74, 6) is 1.34. The van der Waals surface area contributed by atoms with Crippen LogP contribution in [0.25, 0.3) is 0 Å². The Labute approximate surface area is 88.4 Å². The number of halogens is 1. The van der Waals surface area contributed by atoms with Crippen molar-refractivity contribution in [1.82, 2.24) is 0 Å². The Balaban J connectivity index is 4.49. The molecule has 0 saturated carbocycles. The lowest BCUT2D eigenvalue weighted by Crippen LogP contribution is -1.92. The second-order valence-corrected chi connectivity index (χ2v) is 5.35. The molecule has 0 unspecified atom stereocenters. The molecule has 0 radical (unpaired) electrons.